The Morgan fingerprint density at radius 1 is 1.14 bits per heavy atom. The van der Waals surface area contributed by atoms with Gasteiger partial charge in [-0.3, -0.25) is 9.88 Å². The molecule has 1 atom stereocenters. The number of benzene rings is 1. The van der Waals surface area contributed by atoms with E-state index in [1.165, 1.54) is 5.56 Å². The molecular formula is C17H22N2O2. The maximum absolute atomic E-state index is 9.69. The number of pyridine rings is 1. The zero-order valence-electron chi connectivity index (χ0n) is 12.6. The van der Waals surface area contributed by atoms with Gasteiger partial charge in [0, 0.05) is 18.9 Å². The number of hydrogen-bond donors (Lipinski definition) is 1. The molecule has 2 aromatic rings. The maximum atomic E-state index is 9.69. The standard InChI is InChI=1S/C17H22N2O2/c1-19(12-9-14-7-10-18-11-8-14)17(13-20)15-3-5-16(21-2)6-4-15/h3-8,10-11,17,20H,9,12-13H2,1-2H3. The van der Waals surface area contributed by atoms with E-state index in [0.29, 0.717) is 0 Å². The molecule has 0 aliphatic rings. The third kappa shape index (κ3) is 4.28. The fraction of sp³-hybridized carbons (Fsp3) is 0.353. The summed E-state index contributed by atoms with van der Waals surface area (Å²) >= 11 is 0. The van der Waals surface area contributed by atoms with Crippen LogP contribution in [0.1, 0.15) is 17.2 Å². The molecule has 1 unspecified atom stereocenters. The van der Waals surface area contributed by atoms with Gasteiger partial charge in [-0.05, 0) is 48.9 Å². The van der Waals surface area contributed by atoms with E-state index in [2.05, 4.69) is 9.88 Å². The maximum Gasteiger partial charge on any atom is 0.118 e. The van der Waals surface area contributed by atoms with Crippen LogP contribution in [0.25, 0.3) is 0 Å². The number of aliphatic hydroxyl groups is 1. The van der Waals surface area contributed by atoms with Crippen molar-refractivity contribution in [2.75, 3.05) is 27.3 Å². The average Bonchev–Trinajstić information content (AvgIpc) is 2.55. The quantitative estimate of drug-likeness (QED) is 0.848. The molecule has 1 N–H and O–H groups in total. The van der Waals surface area contributed by atoms with Gasteiger partial charge < -0.3 is 9.84 Å². The molecule has 0 aliphatic heterocycles. The fourth-order valence-corrected chi connectivity index (χ4v) is 2.34. The van der Waals surface area contributed by atoms with Crippen LogP contribution in [-0.4, -0.2) is 42.3 Å². The van der Waals surface area contributed by atoms with E-state index in [4.69, 9.17) is 4.74 Å². The molecule has 0 fully saturated rings. The Morgan fingerprint density at radius 3 is 2.38 bits per heavy atom. The second kappa shape index (κ2) is 7.76. The zero-order chi connectivity index (χ0) is 15.1. The SMILES string of the molecule is COc1ccc(C(CO)N(C)CCc2ccncc2)cc1. The summed E-state index contributed by atoms with van der Waals surface area (Å²) in [4.78, 5) is 6.19. The number of aromatic nitrogens is 1. The molecule has 21 heavy (non-hydrogen) atoms. The largest absolute Gasteiger partial charge is 0.497 e. The monoisotopic (exact) mass is 286 g/mol. The summed E-state index contributed by atoms with van der Waals surface area (Å²) in [6.45, 7) is 0.973. The van der Waals surface area contributed by atoms with Gasteiger partial charge in [0.2, 0.25) is 0 Å². The van der Waals surface area contributed by atoms with Gasteiger partial charge in [-0.1, -0.05) is 12.1 Å². The Bertz CT molecular complexity index is 528. The van der Waals surface area contributed by atoms with Crippen molar-refractivity contribution >= 4 is 0 Å². The summed E-state index contributed by atoms with van der Waals surface area (Å²) < 4.78 is 5.17. The minimum absolute atomic E-state index is 0.00209. The van der Waals surface area contributed by atoms with Gasteiger partial charge in [-0.15, -0.1) is 0 Å². The zero-order valence-corrected chi connectivity index (χ0v) is 12.6. The van der Waals surface area contributed by atoms with Crippen molar-refractivity contribution in [2.24, 2.45) is 0 Å². The van der Waals surface area contributed by atoms with Crippen LogP contribution in [0.2, 0.25) is 0 Å². The highest BCUT2D eigenvalue weighted by molar-refractivity contribution is 5.29. The average molecular weight is 286 g/mol. The van der Waals surface area contributed by atoms with Crippen LogP contribution in [0.4, 0.5) is 0 Å². The van der Waals surface area contributed by atoms with Crippen LogP contribution >= 0.6 is 0 Å². The van der Waals surface area contributed by atoms with E-state index < -0.39 is 0 Å². The van der Waals surface area contributed by atoms with Crippen LogP contribution in [-0.2, 0) is 6.42 Å². The smallest absolute Gasteiger partial charge is 0.118 e. The minimum atomic E-state index is -0.00209. The van der Waals surface area contributed by atoms with Crippen molar-refractivity contribution in [1.82, 2.24) is 9.88 Å². The Labute approximate surface area is 126 Å². The number of rotatable bonds is 7. The number of aliphatic hydroxyl groups excluding tert-OH is 1. The van der Waals surface area contributed by atoms with Crippen molar-refractivity contribution in [3.05, 3.63) is 59.9 Å². The van der Waals surface area contributed by atoms with Crippen LogP contribution in [0.3, 0.4) is 0 Å². The Morgan fingerprint density at radius 2 is 1.81 bits per heavy atom. The number of ether oxygens (including phenoxy) is 1. The first-order chi connectivity index (χ1) is 10.2. The van der Waals surface area contributed by atoms with E-state index in [-0.39, 0.29) is 12.6 Å². The summed E-state index contributed by atoms with van der Waals surface area (Å²) in [5.41, 5.74) is 2.35. The predicted molar refractivity (Wildman–Crippen MR) is 83.4 cm³/mol. The van der Waals surface area contributed by atoms with Crippen LogP contribution < -0.4 is 4.74 Å². The first-order valence-electron chi connectivity index (χ1n) is 7.08. The number of likely N-dealkylation sites (N-methyl/N-ethyl adjacent to an activating group) is 1. The highest BCUT2D eigenvalue weighted by Gasteiger charge is 2.15. The number of nitrogens with zero attached hydrogens (tertiary/aromatic N) is 2. The third-order valence-corrected chi connectivity index (χ3v) is 3.71. The summed E-state index contributed by atoms with van der Waals surface area (Å²) in [6.07, 6.45) is 4.55. The second-order valence-corrected chi connectivity index (χ2v) is 5.06. The van der Waals surface area contributed by atoms with Gasteiger partial charge in [-0.2, -0.15) is 0 Å². The molecule has 0 saturated carbocycles. The summed E-state index contributed by atoms with van der Waals surface area (Å²) in [5, 5.41) is 9.69. The van der Waals surface area contributed by atoms with Gasteiger partial charge in [0.15, 0.2) is 0 Å². The lowest BCUT2D eigenvalue weighted by Gasteiger charge is -2.27. The van der Waals surface area contributed by atoms with Gasteiger partial charge in [0.1, 0.15) is 5.75 Å². The summed E-state index contributed by atoms with van der Waals surface area (Å²) in [7, 11) is 3.69. The minimum Gasteiger partial charge on any atom is -0.497 e. The van der Waals surface area contributed by atoms with E-state index >= 15 is 0 Å². The Kier molecular flexibility index (Phi) is 5.72. The molecule has 4 heteroatoms. The molecule has 0 amide bonds. The topological polar surface area (TPSA) is 45.6 Å². The van der Waals surface area contributed by atoms with Crippen molar-refractivity contribution in [1.29, 1.82) is 0 Å². The van der Waals surface area contributed by atoms with E-state index in [1.807, 2.05) is 55.8 Å². The van der Waals surface area contributed by atoms with E-state index in [1.54, 1.807) is 7.11 Å². The van der Waals surface area contributed by atoms with Gasteiger partial charge in [0.05, 0.1) is 19.8 Å². The molecule has 112 valence electrons. The van der Waals surface area contributed by atoms with Crippen molar-refractivity contribution < 1.29 is 9.84 Å². The molecule has 0 radical (unpaired) electrons. The lowest BCUT2D eigenvalue weighted by atomic mass is 10.1. The molecule has 0 aliphatic carbocycles. The first kappa shape index (κ1) is 15.5. The van der Waals surface area contributed by atoms with Gasteiger partial charge >= 0.3 is 0 Å². The Balaban J connectivity index is 1.98. The molecular weight excluding hydrogens is 264 g/mol. The lowest BCUT2D eigenvalue weighted by molar-refractivity contribution is 0.149. The first-order valence-corrected chi connectivity index (χ1v) is 7.08. The van der Waals surface area contributed by atoms with Gasteiger partial charge in [-0.25, -0.2) is 0 Å². The fourth-order valence-electron chi connectivity index (χ4n) is 2.34. The van der Waals surface area contributed by atoms with Gasteiger partial charge in [0.25, 0.3) is 0 Å². The summed E-state index contributed by atoms with van der Waals surface area (Å²) in [5.74, 6) is 0.829. The van der Waals surface area contributed by atoms with Crippen molar-refractivity contribution in [3.8, 4) is 5.75 Å². The van der Waals surface area contributed by atoms with Crippen molar-refractivity contribution in [2.45, 2.75) is 12.5 Å². The molecule has 1 heterocycles. The number of hydrogen-bond acceptors (Lipinski definition) is 4. The molecule has 4 nitrogen and oxygen atoms in total. The third-order valence-electron chi connectivity index (χ3n) is 3.71. The van der Waals surface area contributed by atoms with E-state index in [0.717, 1.165) is 24.3 Å². The highest BCUT2D eigenvalue weighted by Crippen LogP contribution is 2.22. The van der Waals surface area contributed by atoms with Crippen molar-refractivity contribution in [3.63, 3.8) is 0 Å². The highest BCUT2D eigenvalue weighted by atomic mass is 16.5. The Hall–Kier alpha value is -1.91. The second-order valence-electron chi connectivity index (χ2n) is 5.06. The van der Waals surface area contributed by atoms with Crippen LogP contribution in [0, 0.1) is 0 Å². The summed E-state index contributed by atoms with van der Waals surface area (Å²) in [6, 6.07) is 11.9. The molecule has 2 rings (SSSR count). The molecule has 0 bridgehead atoms. The number of methoxy groups -OCH3 is 1. The van der Waals surface area contributed by atoms with Crippen LogP contribution in [0.5, 0.6) is 5.75 Å². The lowest BCUT2D eigenvalue weighted by Crippen LogP contribution is -2.29. The predicted octanol–water partition coefficient (Wildman–Crippen LogP) is 2.30. The van der Waals surface area contributed by atoms with E-state index in [9.17, 15) is 5.11 Å². The van der Waals surface area contributed by atoms with Crippen LogP contribution in [0.15, 0.2) is 48.8 Å². The molecule has 1 aromatic heterocycles. The molecule has 0 saturated heterocycles. The molecule has 0 spiro atoms. The normalized spacial score (nSPS) is 12.4. The molecule has 1 aromatic carbocycles.